The molecule has 0 fully saturated rings. The summed E-state index contributed by atoms with van der Waals surface area (Å²) in [5.41, 5.74) is 1.62. The van der Waals surface area contributed by atoms with Crippen molar-refractivity contribution in [3.05, 3.63) is 89.2 Å². The maximum absolute atomic E-state index is 14.1. The van der Waals surface area contributed by atoms with Gasteiger partial charge in [0.1, 0.15) is 17.4 Å². The van der Waals surface area contributed by atoms with Crippen molar-refractivity contribution in [3.63, 3.8) is 0 Å². The predicted molar refractivity (Wildman–Crippen MR) is 114 cm³/mol. The molecule has 0 aliphatic heterocycles. The summed E-state index contributed by atoms with van der Waals surface area (Å²) in [5, 5.41) is 0. The van der Waals surface area contributed by atoms with Crippen LogP contribution in [0, 0.1) is 12.7 Å². The second-order valence-electron chi connectivity index (χ2n) is 7.29. The lowest BCUT2D eigenvalue weighted by Gasteiger charge is -2.21. The fourth-order valence-corrected chi connectivity index (χ4v) is 3.09. The molecular weight excluding hydrogens is 424 g/mol. The molecule has 0 saturated carbocycles. The Bertz CT molecular complexity index is 999. The predicted octanol–water partition coefficient (Wildman–Crippen LogP) is 7.19. The average Bonchev–Trinajstić information content (AvgIpc) is 2.75. The van der Waals surface area contributed by atoms with Crippen LogP contribution in [-0.4, -0.2) is 19.4 Å². The highest BCUT2D eigenvalue weighted by Gasteiger charge is 2.40. The van der Waals surface area contributed by atoms with Crippen LogP contribution in [0.25, 0.3) is 0 Å². The molecule has 32 heavy (non-hydrogen) atoms. The van der Waals surface area contributed by atoms with Crippen LogP contribution in [0.15, 0.2) is 66.7 Å². The molecule has 0 amide bonds. The van der Waals surface area contributed by atoms with Gasteiger partial charge in [-0.15, -0.1) is 0 Å². The molecule has 0 aromatic heterocycles. The van der Waals surface area contributed by atoms with Crippen LogP contribution >= 0.6 is 0 Å². The molecular formula is C25H24F4O3. The Balaban J connectivity index is 1.66. The van der Waals surface area contributed by atoms with Crippen molar-refractivity contribution < 1.29 is 31.8 Å². The maximum atomic E-state index is 14.1. The molecule has 3 nitrogen and oxygen atoms in total. The van der Waals surface area contributed by atoms with Crippen LogP contribution in [0.5, 0.6) is 17.2 Å². The van der Waals surface area contributed by atoms with Crippen molar-refractivity contribution in [1.82, 2.24) is 0 Å². The second kappa shape index (κ2) is 10.5. The summed E-state index contributed by atoms with van der Waals surface area (Å²) in [6.45, 7) is 3.46. The molecule has 0 heterocycles. The highest BCUT2D eigenvalue weighted by molar-refractivity contribution is 5.36. The highest BCUT2D eigenvalue weighted by atomic mass is 19.4. The van der Waals surface area contributed by atoms with E-state index in [1.54, 1.807) is 19.1 Å². The zero-order valence-electron chi connectivity index (χ0n) is 17.8. The molecule has 0 N–H and O–H groups in total. The number of halogens is 4. The van der Waals surface area contributed by atoms with Gasteiger partial charge in [0, 0.05) is 0 Å². The van der Waals surface area contributed by atoms with E-state index in [-0.39, 0.29) is 17.9 Å². The Morgan fingerprint density at radius 3 is 2.16 bits per heavy atom. The van der Waals surface area contributed by atoms with Gasteiger partial charge in [0.25, 0.3) is 0 Å². The molecule has 1 atom stereocenters. The number of hydrogen-bond donors (Lipinski definition) is 0. The Morgan fingerprint density at radius 1 is 0.875 bits per heavy atom. The average molecular weight is 448 g/mol. The summed E-state index contributed by atoms with van der Waals surface area (Å²) in [6, 6.07) is 17.0. The van der Waals surface area contributed by atoms with E-state index < -0.39 is 24.5 Å². The number of benzene rings is 3. The van der Waals surface area contributed by atoms with E-state index in [0.29, 0.717) is 23.7 Å². The molecule has 0 bridgehead atoms. The zero-order chi connectivity index (χ0) is 23.1. The van der Waals surface area contributed by atoms with Gasteiger partial charge in [-0.2, -0.15) is 13.2 Å². The van der Waals surface area contributed by atoms with Crippen molar-refractivity contribution in [2.24, 2.45) is 0 Å². The van der Waals surface area contributed by atoms with Crippen LogP contribution < -0.4 is 9.47 Å². The third kappa shape index (κ3) is 6.47. The topological polar surface area (TPSA) is 27.7 Å². The summed E-state index contributed by atoms with van der Waals surface area (Å²) in [7, 11) is 0. The first-order valence-electron chi connectivity index (χ1n) is 10.2. The van der Waals surface area contributed by atoms with Crippen LogP contribution in [-0.2, 0) is 11.3 Å². The molecule has 0 aliphatic carbocycles. The van der Waals surface area contributed by atoms with Gasteiger partial charge in [0.05, 0.1) is 19.8 Å². The van der Waals surface area contributed by atoms with Gasteiger partial charge in [0.2, 0.25) is 0 Å². The Labute approximate surface area is 184 Å². The van der Waals surface area contributed by atoms with Gasteiger partial charge in [0.15, 0.2) is 11.6 Å². The van der Waals surface area contributed by atoms with Crippen LogP contribution in [0.4, 0.5) is 17.6 Å². The van der Waals surface area contributed by atoms with Gasteiger partial charge >= 0.3 is 6.18 Å². The molecule has 0 saturated heterocycles. The highest BCUT2D eigenvalue weighted by Crippen LogP contribution is 2.36. The minimum Gasteiger partial charge on any atom is -0.494 e. The molecule has 0 radical (unpaired) electrons. The lowest BCUT2D eigenvalue weighted by Crippen LogP contribution is -2.25. The van der Waals surface area contributed by atoms with Crippen LogP contribution in [0.1, 0.15) is 29.5 Å². The van der Waals surface area contributed by atoms with E-state index in [9.17, 15) is 17.6 Å². The Hall–Kier alpha value is -3.06. The number of rotatable bonds is 9. The maximum Gasteiger partial charge on any atom is 0.397 e. The van der Waals surface area contributed by atoms with Crippen molar-refractivity contribution in [2.45, 2.75) is 32.5 Å². The first kappa shape index (κ1) is 23.6. The SMILES string of the molecule is CCOc1ccc(C(COCc2ccc(F)c(Oc3ccc(C)cc3)c2)C(F)(F)F)cc1. The Morgan fingerprint density at radius 2 is 1.53 bits per heavy atom. The Kier molecular flexibility index (Phi) is 7.75. The number of ether oxygens (including phenoxy) is 3. The van der Waals surface area contributed by atoms with Gasteiger partial charge in [-0.25, -0.2) is 4.39 Å². The van der Waals surface area contributed by atoms with Crippen LogP contribution in [0.3, 0.4) is 0 Å². The monoisotopic (exact) mass is 448 g/mol. The van der Waals surface area contributed by atoms with E-state index in [1.807, 2.05) is 19.1 Å². The standard InChI is InChI=1S/C25H24F4O3/c1-3-31-20-11-7-19(8-12-20)22(25(27,28)29)16-30-15-18-6-13-23(26)24(14-18)32-21-9-4-17(2)5-10-21/h4-14,22H,3,15-16H2,1-2H3. The summed E-state index contributed by atoms with van der Waals surface area (Å²) < 4.78 is 71.1. The van der Waals surface area contributed by atoms with Gasteiger partial charge in [-0.3, -0.25) is 0 Å². The molecule has 7 heteroatoms. The number of alkyl halides is 3. The summed E-state index contributed by atoms with van der Waals surface area (Å²) in [6.07, 6.45) is -4.48. The fraction of sp³-hybridized carbons (Fsp3) is 0.280. The van der Waals surface area contributed by atoms with Crippen molar-refractivity contribution >= 4 is 0 Å². The largest absolute Gasteiger partial charge is 0.494 e. The summed E-state index contributed by atoms with van der Waals surface area (Å²) in [5.74, 6) is -1.42. The molecule has 0 spiro atoms. The van der Waals surface area contributed by atoms with Crippen molar-refractivity contribution in [2.75, 3.05) is 13.2 Å². The van der Waals surface area contributed by atoms with E-state index in [4.69, 9.17) is 14.2 Å². The first-order valence-corrected chi connectivity index (χ1v) is 10.2. The van der Waals surface area contributed by atoms with E-state index in [1.165, 1.54) is 42.5 Å². The lowest BCUT2D eigenvalue weighted by molar-refractivity contribution is -0.163. The minimum atomic E-state index is -4.48. The molecule has 3 aromatic rings. The molecule has 3 rings (SSSR count). The molecule has 3 aromatic carbocycles. The van der Waals surface area contributed by atoms with Gasteiger partial charge in [-0.1, -0.05) is 35.9 Å². The number of hydrogen-bond acceptors (Lipinski definition) is 3. The van der Waals surface area contributed by atoms with E-state index in [0.717, 1.165) is 5.56 Å². The zero-order valence-corrected chi connectivity index (χ0v) is 17.8. The smallest absolute Gasteiger partial charge is 0.397 e. The first-order chi connectivity index (χ1) is 15.3. The van der Waals surface area contributed by atoms with Gasteiger partial charge in [-0.05, 0) is 61.4 Å². The van der Waals surface area contributed by atoms with Gasteiger partial charge < -0.3 is 14.2 Å². The molecule has 0 aliphatic rings. The summed E-state index contributed by atoms with van der Waals surface area (Å²) >= 11 is 0. The number of aryl methyl sites for hydroxylation is 1. The van der Waals surface area contributed by atoms with E-state index >= 15 is 0 Å². The van der Waals surface area contributed by atoms with Crippen molar-refractivity contribution in [3.8, 4) is 17.2 Å². The molecule has 1 unspecified atom stereocenters. The normalized spacial score (nSPS) is 12.4. The fourth-order valence-electron chi connectivity index (χ4n) is 3.09. The van der Waals surface area contributed by atoms with Crippen molar-refractivity contribution in [1.29, 1.82) is 0 Å². The lowest BCUT2D eigenvalue weighted by atomic mass is 9.99. The van der Waals surface area contributed by atoms with E-state index in [2.05, 4.69) is 0 Å². The summed E-state index contributed by atoms with van der Waals surface area (Å²) in [4.78, 5) is 0. The molecule has 170 valence electrons. The van der Waals surface area contributed by atoms with Crippen LogP contribution in [0.2, 0.25) is 0 Å². The second-order valence-corrected chi connectivity index (χ2v) is 7.29. The minimum absolute atomic E-state index is 0.0196. The third-order valence-corrected chi connectivity index (χ3v) is 4.79. The quantitative estimate of drug-likeness (QED) is 0.324. The third-order valence-electron chi connectivity index (χ3n) is 4.79.